The van der Waals surface area contributed by atoms with Crippen LogP contribution in [0.5, 0.6) is 0 Å². The Kier molecular flexibility index (Phi) is 4.30. The van der Waals surface area contributed by atoms with Gasteiger partial charge in [0.25, 0.3) is 0 Å². The second kappa shape index (κ2) is 5.95. The summed E-state index contributed by atoms with van der Waals surface area (Å²) in [6.07, 6.45) is 3.81. The molecule has 0 spiro atoms. The third-order valence-corrected chi connectivity index (χ3v) is 3.94. The van der Waals surface area contributed by atoms with Crippen molar-refractivity contribution in [3.63, 3.8) is 0 Å². The molecule has 3 atom stereocenters. The lowest BCUT2D eigenvalue weighted by Crippen LogP contribution is -2.32. The van der Waals surface area contributed by atoms with Crippen molar-refractivity contribution in [2.45, 2.75) is 39.2 Å². The van der Waals surface area contributed by atoms with E-state index < -0.39 is 6.03 Å². The van der Waals surface area contributed by atoms with Gasteiger partial charge < -0.3 is 16.4 Å². The number of anilines is 2. The average Bonchev–Trinajstić information content (AvgIpc) is 2.34. The molecule has 2 rings (SSSR count). The molecule has 1 aromatic carbocycles. The molecule has 4 nitrogen and oxygen atoms in total. The molecule has 0 bridgehead atoms. The van der Waals surface area contributed by atoms with Crippen molar-refractivity contribution >= 4 is 17.4 Å². The summed E-state index contributed by atoms with van der Waals surface area (Å²) in [5.41, 5.74) is 6.90. The highest BCUT2D eigenvalue weighted by Gasteiger charge is 2.24. The van der Waals surface area contributed by atoms with Crippen LogP contribution in [0.3, 0.4) is 0 Å². The molecule has 0 aliphatic heterocycles. The number of amides is 2. The molecular formula is C15H23N3O. The predicted octanol–water partition coefficient (Wildman–Crippen LogP) is 3.41. The summed E-state index contributed by atoms with van der Waals surface area (Å²) in [5, 5.41) is 6.15. The molecule has 0 aromatic heterocycles. The fraction of sp³-hybridized carbons (Fsp3) is 0.533. The number of primary amides is 1. The molecule has 3 unspecified atom stereocenters. The third-order valence-electron chi connectivity index (χ3n) is 3.94. The smallest absolute Gasteiger partial charge is 0.316 e. The number of carbonyl (C=O) groups is 1. The van der Waals surface area contributed by atoms with Gasteiger partial charge in [0.1, 0.15) is 0 Å². The van der Waals surface area contributed by atoms with Gasteiger partial charge in [-0.15, -0.1) is 0 Å². The highest BCUT2D eigenvalue weighted by molar-refractivity contribution is 5.87. The van der Waals surface area contributed by atoms with Crippen LogP contribution < -0.4 is 16.4 Å². The molecule has 1 aromatic rings. The van der Waals surface area contributed by atoms with Crippen LogP contribution in [0.25, 0.3) is 0 Å². The van der Waals surface area contributed by atoms with E-state index in [1.54, 1.807) is 0 Å². The summed E-state index contributed by atoms with van der Waals surface area (Å²) in [6.45, 7) is 4.65. The Morgan fingerprint density at radius 3 is 2.37 bits per heavy atom. The molecule has 1 saturated carbocycles. The number of hydrogen-bond donors (Lipinski definition) is 3. The number of nitrogens with one attached hydrogen (secondary N) is 2. The van der Waals surface area contributed by atoms with Crippen LogP contribution in [-0.4, -0.2) is 12.1 Å². The molecule has 1 aliphatic rings. The second-order valence-electron chi connectivity index (χ2n) is 5.71. The molecule has 4 heteroatoms. The van der Waals surface area contributed by atoms with Crippen LogP contribution in [0.15, 0.2) is 24.3 Å². The maximum absolute atomic E-state index is 10.7. The number of urea groups is 1. The second-order valence-corrected chi connectivity index (χ2v) is 5.71. The maximum atomic E-state index is 10.7. The lowest BCUT2D eigenvalue weighted by molar-refractivity contribution is 0.259. The molecule has 19 heavy (non-hydrogen) atoms. The van der Waals surface area contributed by atoms with Gasteiger partial charge in [-0.2, -0.15) is 0 Å². The Bertz CT molecular complexity index is 430. The van der Waals surface area contributed by atoms with Crippen molar-refractivity contribution in [3.8, 4) is 0 Å². The summed E-state index contributed by atoms with van der Waals surface area (Å²) in [7, 11) is 0. The summed E-state index contributed by atoms with van der Waals surface area (Å²) in [5.74, 6) is 1.54. The molecule has 1 aliphatic carbocycles. The topological polar surface area (TPSA) is 67.2 Å². The number of rotatable bonds is 3. The SMILES string of the molecule is CC1CCC(Nc2ccc(NC(N)=O)cc2)C(C)C1. The Labute approximate surface area is 114 Å². The molecule has 0 heterocycles. The van der Waals surface area contributed by atoms with Crippen molar-refractivity contribution in [1.29, 1.82) is 0 Å². The Balaban J connectivity index is 1.94. The van der Waals surface area contributed by atoms with Crippen molar-refractivity contribution in [2.24, 2.45) is 17.6 Å². The van der Waals surface area contributed by atoms with Crippen LogP contribution in [0.4, 0.5) is 16.2 Å². The van der Waals surface area contributed by atoms with Gasteiger partial charge in [-0.1, -0.05) is 13.8 Å². The number of nitrogens with two attached hydrogens (primary N) is 1. The standard InChI is InChI=1S/C15H23N3O/c1-10-3-8-14(11(2)9-10)17-12-4-6-13(7-5-12)18-15(16)19/h4-7,10-11,14,17H,3,8-9H2,1-2H3,(H3,16,18,19). The number of hydrogen-bond acceptors (Lipinski definition) is 2. The molecule has 4 N–H and O–H groups in total. The summed E-state index contributed by atoms with van der Waals surface area (Å²) < 4.78 is 0. The molecule has 1 fully saturated rings. The minimum Gasteiger partial charge on any atom is -0.382 e. The van der Waals surface area contributed by atoms with Crippen molar-refractivity contribution in [1.82, 2.24) is 0 Å². The molecule has 104 valence electrons. The lowest BCUT2D eigenvalue weighted by atomic mass is 9.80. The zero-order valence-electron chi connectivity index (χ0n) is 11.6. The monoisotopic (exact) mass is 261 g/mol. The molecule has 0 saturated heterocycles. The highest BCUT2D eigenvalue weighted by Crippen LogP contribution is 2.30. The van der Waals surface area contributed by atoms with E-state index in [0.717, 1.165) is 17.3 Å². The quantitative estimate of drug-likeness (QED) is 0.780. The van der Waals surface area contributed by atoms with Gasteiger partial charge in [0, 0.05) is 17.4 Å². The van der Waals surface area contributed by atoms with E-state index in [-0.39, 0.29) is 0 Å². The van der Waals surface area contributed by atoms with Crippen molar-refractivity contribution in [3.05, 3.63) is 24.3 Å². The lowest BCUT2D eigenvalue weighted by Gasteiger charge is -2.33. The first-order valence-electron chi connectivity index (χ1n) is 6.97. The first-order valence-corrected chi connectivity index (χ1v) is 6.97. The normalized spacial score (nSPS) is 26.7. The van der Waals surface area contributed by atoms with E-state index in [2.05, 4.69) is 24.5 Å². The van der Waals surface area contributed by atoms with Gasteiger partial charge in [0.15, 0.2) is 0 Å². The molecule has 0 radical (unpaired) electrons. The fourth-order valence-electron chi connectivity index (χ4n) is 2.89. The maximum Gasteiger partial charge on any atom is 0.316 e. The summed E-state index contributed by atoms with van der Waals surface area (Å²) in [4.78, 5) is 10.7. The van der Waals surface area contributed by atoms with Crippen molar-refractivity contribution < 1.29 is 4.79 Å². The van der Waals surface area contributed by atoms with E-state index in [1.807, 2.05) is 24.3 Å². The van der Waals surface area contributed by atoms with E-state index in [1.165, 1.54) is 19.3 Å². The number of benzene rings is 1. The van der Waals surface area contributed by atoms with Crippen LogP contribution in [0, 0.1) is 11.8 Å². The van der Waals surface area contributed by atoms with E-state index in [0.29, 0.717) is 12.0 Å². The Hall–Kier alpha value is -1.71. The first-order chi connectivity index (χ1) is 9.04. The summed E-state index contributed by atoms with van der Waals surface area (Å²) >= 11 is 0. The van der Waals surface area contributed by atoms with E-state index in [9.17, 15) is 4.79 Å². The largest absolute Gasteiger partial charge is 0.382 e. The Morgan fingerprint density at radius 2 is 1.79 bits per heavy atom. The Morgan fingerprint density at radius 1 is 1.16 bits per heavy atom. The number of carbonyl (C=O) groups excluding carboxylic acids is 1. The highest BCUT2D eigenvalue weighted by atomic mass is 16.2. The zero-order chi connectivity index (χ0) is 13.8. The van der Waals surface area contributed by atoms with Crippen LogP contribution in [0.1, 0.15) is 33.1 Å². The van der Waals surface area contributed by atoms with Crippen molar-refractivity contribution in [2.75, 3.05) is 10.6 Å². The van der Waals surface area contributed by atoms with Crippen LogP contribution >= 0.6 is 0 Å². The molecule has 2 amide bonds. The minimum atomic E-state index is -0.532. The van der Waals surface area contributed by atoms with Gasteiger partial charge in [-0.3, -0.25) is 0 Å². The molecular weight excluding hydrogens is 238 g/mol. The van der Waals surface area contributed by atoms with E-state index >= 15 is 0 Å². The first kappa shape index (κ1) is 13.7. The van der Waals surface area contributed by atoms with Crippen LogP contribution in [-0.2, 0) is 0 Å². The average molecular weight is 261 g/mol. The predicted molar refractivity (Wildman–Crippen MR) is 79.2 cm³/mol. The zero-order valence-corrected chi connectivity index (χ0v) is 11.6. The van der Waals surface area contributed by atoms with Gasteiger partial charge >= 0.3 is 6.03 Å². The van der Waals surface area contributed by atoms with Crippen LogP contribution in [0.2, 0.25) is 0 Å². The van der Waals surface area contributed by atoms with Gasteiger partial charge in [-0.05, 0) is 55.4 Å². The van der Waals surface area contributed by atoms with Gasteiger partial charge in [0.2, 0.25) is 0 Å². The minimum absolute atomic E-state index is 0.532. The fourth-order valence-corrected chi connectivity index (χ4v) is 2.89. The van der Waals surface area contributed by atoms with Gasteiger partial charge in [0.05, 0.1) is 0 Å². The third kappa shape index (κ3) is 3.88. The summed E-state index contributed by atoms with van der Waals surface area (Å²) in [6, 6.07) is 7.71. The van der Waals surface area contributed by atoms with E-state index in [4.69, 9.17) is 5.73 Å². The van der Waals surface area contributed by atoms with Gasteiger partial charge in [-0.25, -0.2) is 4.79 Å².